The molecule has 0 aliphatic carbocycles. The molecule has 1 fully saturated rings. The van der Waals surface area contributed by atoms with Gasteiger partial charge in [-0.05, 0) is 126 Å². The van der Waals surface area contributed by atoms with Crippen LogP contribution in [0.1, 0.15) is 42.0 Å². The maximum Gasteiger partial charge on any atom is 0.488 e. The first-order valence-corrected chi connectivity index (χ1v) is 30.5. The first kappa shape index (κ1) is 64.2. The normalized spacial score (nSPS) is 12.9. The molecule has 81 heavy (non-hydrogen) atoms. The third-order valence-electron chi connectivity index (χ3n) is 15.3. The number of halogens is 4. The van der Waals surface area contributed by atoms with Crippen LogP contribution >= 0.6 is 60.1 Å². The largest absolute Gasteiger partial charge is 0.488 e. The fraction of sp³-hybridized carbons (Fsp3) is 0.116. The van der Waals surface area contributed by atoms with E-state index in [0.29, 0.717) is 0 Å². The summed E-state index contributed by atoms with van der Waals surface area (Å²) in [5.41, 5.74) is -0.375. The monoisotopic (exact) mass is 1820 g/mol. The van der Waals surface area contributed by atoms with Crippen molar-refractivity contribution in [2.45, 2.75) is 53.2 Å². The smallest absolute Gasteiger partial charge is 0.481 e. The molecule has 0 unspecified atom stereocenters. The van der Waals surface area contributed by atoms with Crippen LogP contribution in [-0.4, -0.2) is 30.0 Å². The van der Waals surface area contributed by atoms with E-state index in [-0.39, 0.29) is 81.8 Å². The summed E-state index contributed by atoms with van der Waals surface area (Å²) in [6.45, 7) is 9.12. The molecule has 12 heteroatoms. The van der Waals surface area contributed by atoms with Crippen molar-refractivity contribution >= 4 is 203 Å². The van der Waals surface area contributed by atoms with Crippen LogP contribution in [0.15, 0.2) is 203 Å². The maximum absolute atomic E-state index is 9.00. The number of carboxylic acids is 1. The molecular formula is C69H52BBr4O4W3-2. The summed E-state index contributed by atoms with van der Waals surface area (Å²) in [5.74, 6) is -0.833. The van der Waals surface area contributed by atoms with Crippen LogP contribution in [0.3, 0.4) is 0 Å². The number of carbonyl (C=O) groups is 1. The van der Waals surface area contributed by atoms with Crippen molar-refractivity contribution in [1.82, 2.24) is 0 Å². The van der Waals surface area contributed by atoms with E-state index in [1.54, 1.807) is 0 Å². The number of hydrogen-bond acceptors (Lipinski definition) is 3. The molecule has 1 aliphatic heterocycles. The number of hydrogen-bond donors (Lipinski definition) is 1. The summed E-state index contributed by atoms with van der Waals surface area (Å²) in [6.07, 6.45) is 0. The van der Waals surface area contributed by atoms with Gasteiger partial charge in [-0.2, -0.15) is 0 Å². The van der Waals surface area contributed by atoms with Gasteiger partial charge in [0.25, 0.3) is 5.97 Å². The Bertz CT molecular complexity index is 4040. The molecular weight excluding hydrogens is 1770 g/mol. The quantitative estimate of drug-likeness (QED) is 0.0711. The van der Waals surface area contributed by atoms with Gasteiger partial charge in [-0.1, -0.05) is 194 Å². The average molecular weight is 1830 g/mol. The van der Waals surface area contributed by atoms with Crippen LogP contribution in [0.4, 0.5) is 0 Å². The molecule has 1 heterocycles. The minimum absolute atomic E-state index is 0. The Labute approximate surface area is 547 Å². The molecule has 0 bridgehead atoms. The summed E-state index contributed by atoms with van der Waals surface area (Å²) in [4.78, 5) is 9.00. The molecule has 403 valence electrons. The Morgan fingerprint density at radius 2 is 0.642 bits per heavy atom. The average Bonchev–Trinajstić information content (AvgIpc) is 3.90. The van der Waals surface area contributed by atoms with Crippen LogP contribution in [0.2, 0.25) is 0 Å². The molecule has 0 atom stereocenters. The van der Waals surface area contributed by atoms with Crippen LogP contribution in [0.5, 0.6) is 0 Å². The summed E-state index contributed by atoms with van der Waals surface area (Å²) >= 11 is 12.9. The van der Waals surface area contributed by atoms with E-state index in [9.17, 15) is 0 Å². The van der Waals surface area contributed by atoms with E-state index in [4.69, 9.17) is 19.2 Å². The van der Waals surface area contributed by atoms with Gasteiger partial charge in [-0.25, -0.2) is 0 Å². The molecule has 0 amide bonds. The molecule has 15 aromatic carbocycles. The third-order valence-corrected chi connectivity index (χ3v) is 16.7. The number of rotatable bonds is 0. The molecule has 1 radical (unpaired) electrons. The Kier molecular flexibility index (Phi) is 21.2. The summed E-state index contributed by atoms with van der Waals surface area (Å²) < 4.78 is 12.7. The predicted octanol–water partition coefficient (Wildman–Crippen LogP) is 21.9. The molecule has 4 nitrogen and oxygen atoms in total. The Morgan fingerprint density at radius 1 is 0.395 bits per heavy atom. The van der Waals surface area contributed by atoms with Gasteiger partial charge in [0.15, 0.2) is 0 Å². The fourth-order valence-corrected chi connectivity index (χ4v) is 12.1. The minimum atomic E-state index is -0.833. The van der Waals surface area contributed by atoms with Crippen molar-refractivity contribution in [2.75, 3.05) is 0 Å². The van der Waals surface area contributed by atoms with Crippen molar-refractivity contribution in [3.05, 3.63) is 215 Å². The number of fused-ring (bicyclic) bond motifs is 6. The van der Waals surface area contributed by atoms with Gasteiger partial charge in [-0.3, -0.25) is 4.79 Å². The zero-order valence-electron chi connectivity index (χ0n) is 44.0. The Morgan fingerprint density at radius 3 is 0.951 bits per heavy atom. The summed E-state index contributed by atoms with van der Waals surface area (Å²) in [7, 11) is 1.42. The Hall–Kier alpha value is -4.36. The minimum Gasteiger partial charge on any atom is -0.481 e. The number of carboxylic acid groups (broad SMARTS) is 1. The van der Waals surface area contributed by atoms with Crippen molar-refractivity contribution in [2.24, 2.45) is 0 Å². The van der Waals surface area contributed by atoms with Gasteiger partial charge < -0.3 is 14.4 Å². The van der Waals surface area contributed by atoms with Crippen LogP contribution in [0.25, 0.3) is 129 Å². The molecule has 0 aromatic heterocycles. The molecule has 16 rings (SSSR count). The zero-order valence-corrected chi connectivity index (χ0v) is 59.1. The number of aliphatic carboxylic acids is 1. The van der Waals surface area contributed by atoms with E-state index < -0.39 is 5.97 Å². The van der Waals surface area contributed by atoms with Crippen LogP contribution in [-0.2, 0) is 77.3 Å². The molecule has 1 saturated heterocycles. The van der Waals surface area contributed by atoms with Crippen molar-refractivity contribution in [3.8, 4) is 0 Å². The molecule has 0 saturated carbocycles. The van der Waals surface area contributed by atoms with Crippen LogP contribution < -0.4 is 0 Å². The van der Waals surface area contributed by atoms with E-state index in [1.807, 2.05) is 39.8 Å². The van der Waals surface area contributed by atoms with Crippen molar-refractivity contribution in [1.29, 1.82) is 0 Å². The standard InChI is InChI=1S/C20H10Br2.C20H12.C20H10.C6H12BO2.C2H4O2.CH4.Br2.3W/c21-17-9-8-14-12-4-2-6-16-18(22)10-7-13(20(12)16)11-3-1-5-15(17)19(11)14;2*1-5-13-6-2-11-17-18-12-4-8-14-7-3-10-16(20(14)18)15(9-1)19(13)17;1-5(2)6(3,4)9-7-8-5;1-2(3)4;;1-2;;;/h1-10H;1-12H;1-5,8-12H;1-4H3;1H3,(H,3,4);1H4;;;;/q;;-2;;;;;;;. The van der Waals surface area contributed by atoms with Gasteiger partial charge in [0, 0.05) is 107 Å². The van der Waals surface area contributed by atoms with Gasteiger partial charge in [0.05, 0.1) is 11.2 Å². The zero-order chi connectivity index (χ0) is 53.8. The second-order valence-electron chi connectivity index (χ2n) is 20.2. The molecule has 1 aliphatic rings. The first-order chi connectivity index (χ1) is 37.3. The topological polar surface area (TPSA) is 55.8 Å². The van der Waals surface area contributed by atoms with E-state index in [1.165, 1.54) is 137 Å². The van der Waals surface area contributed by atoms with Crippen molar-refractivity contribution < 1.29 is 82.4 Å². The first-order valence-electron chi connectivity index (χ1n) is 25.2. The molecule has 1 N–H and O–H groups in total. The molecule has 15 aromatic rings. The fourth-order valence-electron chi connectivity index (χ4n) is 11.2. The summed E-state index contributed by atoms with van der Waals surface area (Å²) in [5, 5.41) is 39.1. The molecule has 0 spiro atoms. The predicted molar refractivity (Wildman–Crippen MR) is 350 cm³/mol. The van der Waals surface area contributed by atoms with E-state index in [0.717, 1.165) is 15.9 Å². The van der Waals surface area contributed by atoms with Gasteiger partial charge in [0.2, 0.25) is 0 Å². The van der Waals surface area contributed by atoms with Gasteiger partial charge in [0.1, 0.15) is 0 Å². The van der Waals surface area contributed by atoms with Gasteiger partial charge in [-0.15, -0.1) is 82.2 Å². The summed E-state index contributed by atoms with van der Waals surface area (Å²) in [6, 6.07) is 76.4. The third kappa shape index (κ3) is 11.8. The van der Waals surface area contributed by atoms with Crippen molar-refractivity contribution in [3.63, 3.8) is 0 Å². The second kappa shape index (κ2) is 26.7. The van der Waals surface area contributed by atoms with E-state index >= 15 is 0 Å². The van der Waals surface area contributed by atoms with E-state index in [2.05, 4.69) is 254 Å². The second-order valence-corrected chi connectivity index (χ2v) is 21.9. The van der Waals surface area contributed by atoms with Crippen LogP contribution in [0, 0.1) is 12.1 Å². The van der Waals surface area contributed by atoms with Gasteiger partial charge >= 0.3 is 7.69 Å². The Balaban J connectivity index is 0.000000153. The SMILES string of the molecule is BrBr.Brc1ccc2c3cccc4c(Br)ccc(c5cccc1c52)c43.C.CC(=O)O.CC1(C)O[B]OC1(C)C.[W].[W].[W].[c-]1ccc2c3cccc4[c-]ccc(c5cccc1c25)c43.c1cc2cccc3c4cccc5cccc(c(c1)c23)c54. The number of benzene rings is 15. The maximum atomic E-state index is 9.00.